The molecule has 3 nitrogen and oxygen atoms in total. The quantitative estimate of drug-likeness (QED) is 0.855. The maximum absolute atomic E-state index is 4.11. The largest absolute Gasteiger partial charge is 0.318 e. The van der Waals surface area contributed by atoms with Crippen LogP contribution in [0.15, 0.2) is 35.1 Å². The molecular formula is C11H12BrN3. The normalized spacial score (nSPS) is 10.5. The number of rotatable bonds is 3. The van der Waals surface area contributed by atoms with E-state index in [1.54, 1.807) is 6.33 Å². The third kappa shape index (κ3) is 2.45. The number of aromatic nitrogens is 3. The van der Waals surface area contributed by atoms with Crippen molar-refractivity contribution in [3.8, 4) is 0 Å². The number of hydrogen-bond acceptors (Lipinski definition) is 2. The predicted molar refractivity (Wildman–Crippen MR) is 62.6 cm³/mol. The first-order valence-corrected chi connectivity index (χ1v) is 5.70. The molecule has 0 bridgehead atoms. The molecule has 1 aromatic carbocycles. The lowest BCUT2D eigenvalue weighted by atomic mass is 10.1. The van der Waals surface area contributed by atoms with Crippen LogP contribution in [0.4, 0.5) is 0 Å². The minimum atomic E-state index is 0.827. The first-order valence-electron chi connectivity index (χ1n) is 4.90. The van der Waals surface area contributed by atoms with Gasteiger partial charge in [-0.2, -0.15) is 0 Å². The summed E-state index contributed by atoms with van der Waals surface area (Å²) >= 11 is 3.46. The zero-order valence-corrected chi connectivity index (χ0v) is 10.1. The number of aryl methyl sites for hydroxylation is 1. The van der Waals surface area contributed by atoms with Crippen molar-refractivity contribution in [1.82, 2.24) is 14.8 Å². The van der Waals surface area contributed by atoms with Gasteiger partial charge in [-0.1, -0.05) is 28.1 Å². The Morgan fingerprint density at radius 1 is 1.40 bits per heavy atom. The van der Waals surface area contributed by atoms with Gasteiger partial charge < -0.3 is 4.57 Å². The van der Waals surface area contributed by atoms with Crippen LogP contribution in [0, 0.1) is 0 Å². The van der Waals surface area contributed by atoms with Crippen molar-refractivity contribution in [2.24, 2.45) is 0 Å². The van der Waals surface area contributed by atoms with Gasteiger partial charge in [-0.15, -0.1) is 10.2 Å². The van der Waals surface area contributed by atoms with Crippen LogP contribution in [-0.4, -0.2) is 14.8 Å². The van der Waals surface area contributed by atoms with Gasteiger partial charge in [0.25, 0.3) is 0 Å². The monoisotopic (exact) mass is 265 g/mol. The molecule has 0 saturated carbocycles. The number of nitrogens with zero attached hydrogens (tertiary/aromatic N) is 3. The van der Waals surface area contributed by atoms with E-state index in [0.717, 1.165) is 23.3 Å². The second-order valence-electron chi connectivity index (χ2n) is 3.34. The highest BCUT2D eigenvalue weighted by Gasteiger charge is 2.03. The highest BCUT2D eigenvalue weighted by molar-refractivity contribution is 9.10. The fourth-order valence-corrected chi connectivity index (χ4v) is 1.96. The Bertz CT molecular complexity index is 451. The molecule has 0 aliphatic rings. The van der Waals surface area contributed by atoms with E-state index in [9.17, 15) is 0 Å². The zero-order valence-electron chi connectivity index (χ0n) is 8.52. The van der Waals surface area contributed by atoms with E-state index >= 15 is 0 Å². The molecule has 0 N–H and O–H groups in total. The molecule has 1 aromatic heterocycles. The minimum Gasteiger partial charge on any atom is -0.318 e. The van der Waals surface area contributed by atoms with Crippen LogP contribution in [0.3, 0.4) is 0 Å². The fraction of sp³-hybridized carbons (Fsp3) is 0.273. The highest BCUT2D eigenvalue weighted by atomic mass is 79.9. The average Bonchev–Trinajstić information content (AvgIpc) is 2.65. The molecule has 0 unspecified atom stereocenters. The lowest BCUT2D eigenvalue weighted by Gasteiger charge is -2.03. The predicted octanol–water partition coefficient (Wildman–Crippen LogP) is 2.65. The third-order valence-electron chi connectivity index (χ3n) is 2.29. The van der Waals surface area contributed by atoms with Crippen LogP contribution in [0.1, 0.15) is 18.3 Å². The van der Waals surface area contributed by atoms with Crippen LogP contribution < -0.4 is 0 Å². The molecule has 0 radical (unpaired) electrons. The summed E-state index contributed by atoms with van der Waals surface area (Å²) < 4.78 is 3.16. The average molecular weight is 266 g/mol. The summed E-state index contributed by atoms with van der Waals surface area (Å²) in [7, 11) is 0. The SMILES string of the molecule is CCn1cnnc1Cc1cccc(Br)c1. The highest BCUT2D eigenvalue weighted by Crippen LogP contribution is 2.14. The molecule has 78 valence electrons. The summed E-state index contributed by atoms with van der Waals surface area (Å²) in [5.41, 5.74) is 1.24. The van der Waals surface area contributed by atoms with Gasteiger partial charge in [0, 0.05) is 17.4 Å². The topological polar surface area (TPSA) is 30.7 Å². The summed E-state index contributed by atoms with van der Waals surface area (Å²) in [6.07, 6.45) is 2.60. The summed E-state index contributed by atoms with van der Waals surface area (Å²) in [6.45, 7) is 3.00. The molecular weight excluding hydrogens is 254 g/mol. The van der Waals surface area contributed by atoms with Gasteiger partial charge in [0.2, 0.25) is 0 Å². The maximum atomic E-state index is 4.11. The standard InChI is InChI=1S/C11H12BrN3/c1-2-15-8-13-14-11(15)7-9-4-3-5-10(12)6-9/h3-6,8H,2,7H2,1H3. The summed E-state index contributed by atoms with van der Waals surface area (Å²) in [6, 6.07) is 8.26. The van der Waals surface area contributed by atoms with E-state index in [-0.39, 0.29) is 0 Å². The van der Waals surface area contributed by atoms with E-state index in [4.69, 9.17) is 0 Å². The molecule has 0 atom stereocenters. The summed E-state index contributed by atoms with van der Waals surface area (Å²) in [5, 5.41) is 8.02. The van der Waals surface area contributed by atoms with E-state index in [1.807, 2.05) is 12.1 Å². The van der Waals surface area contributed by atoms with E-state index < -0.39 is 0 Å². The summed E-state index contributed by atoms with van der Waals surface area (Å²) in [5.74, 6) is 1.01. The van der Waals surface area contributed by atoms with E-state index in [2.05, 4.69) is 49.8 Å². The molecule has 0 aliphatic carbocycles. The fourth-order valence-electron chi connectivity index (χ4n) is 1.51. The lowest BCUT2D eigenvalue weighted by Crippen LogP contribution is -2.01. The van der Waals surface area contributed by atoms with Crippen molar-refractivity contribution in [1.29, 1.82) is 0 Å². The van der Waals surface area contributed by atoms with Gasteiger partial charge in [0.1, 0.15) is 12.2 Å². The number of halogens is 1. The van der Waals surface area contributed by atoms with Crippen molar-refractivity contribution in [2.45, 2.75) is 19.9 Å². The Labute approximate surface area is 97.3 Å². The van der Waals surface area contributed by atoms with Crippen LogP contribution in [0.2, 0.25) is 0 Å². The molecule has 0 saturated heterocycles. The molecule has 1 heterocycles. The third-order valence-corrected chi connectivity index (χ3v) is 2.78. The molecule has 15 heavy (non-hydrogen) atoms. The van der Waals surface area contributed by atoms with Crippen molar-refractivity contribution in [2.75, 3.05) is 0 Å². The first kappa shape index (κ1) is 10.4. The van der Waals surface area contributed by atoms with Crippen LogP contribution in [-0.2, 0) is 13.0 Å². The van der Waals surface area contributed by atoms with Gasteiger partial charge in [0.15, 0.2) is 0 Å². The first-order chi connectivity index (χ1) is 7.29. The van der Waals surface area contributed by atoms with Gasteiger partial charge in [-0.3, -0.25) is 0 Å². The molecule has 0 fully saturated rings. The number of benzene rings is 1. The second kappa shape index (κ2) is 4.57. The molecule has 2 rings (SSSR count). The van der Waals surface area contributed by atoms with Crippen LogP contribution in [0.25, 0.3) is 0 Å². The lowest BCUT2D eigenvalue weighted by molar-refractivity contribution is 0.712. The molecule has 2 aromatic rings. The van der Waals surface area contributed by atoms with Crippen molar-refractivity contribution in [3.63, 3.8) is 0 Å². The Hall–Kier alpha value is -1.16. The van der Waals surface area contributed by atoms with Crippen molar-refractivity contribution >= 4 is 15.9 Å². The smallest absolute Gasteiger partial charge is 0.137 e. The van der Waals surface area contributed by atoms with Crippen LogP contribution >= 0.6 is 15.9 Å². The second-order valence-corrected chi connectivity index (χ2v) is 4.26. The van der Waals surface area contributed by atoms with Gasteiger partial charge in [-0.25, -0.2) is 0 Å². The van der Waals surface area contributed by atoms with E-state index in [1.165, 1.54) is 5.56 Å². The number of hydrogen-bond donors (Lipinski definition) is 0. The minimum absolute atomic E-state index is 0.827. The Balaban J connectivity index is 2.22. The Morgan fingerprint density at radius 3 is 3.00 bits per heavy atom. The van der Waals surface area contributed by atoms with Gasteiger partial charge in [0.05, 0.1) is 0 Å². The van der Waals surface area contributed by atoms with Gasteiger partial charge in [-0.05, 0) is 24.6 Å². The zero-order chi connectivity index (χ0) is 10.7. The molecule has 4 heteroatoms. The molecule has 0 spiro atoms. The molecule has 0 aliphatic heterocycles. The Kier molecular flexibility index (Phi) is 3.16. The van der Waals surface area contributed by atoms with Crippen molar-refractivity contribution in [3.05, 3.63) is 46.5 Å². The van der Waals surface area contributed by atoms with Gasteiger partial charge >= 0.3 is 0 Å². The summed E-state index contributed by atoms with van der Waals surface area (Å²) in [4.78, 5) is 0. The maximum Gasteiger partial charge on any atom is 0.137 e. The molecule has 0 amide bonds. The Morgan fingerprint density at radius 2 is 2.27 bits per heavy atom. The van der Waals surface area contributed by atoms with Crippen molar-refractivity contribution < 1.29 is 0 Å². The van der Waals surface area contributed by atoms with E-state index in [0.29, 0.717) is 0 Å². The van der Waals surface area contributed by atoms with Crippen LogP contribution in [0.5, 0.6) is 0 Å².